The maximum Gasteiger partial charge on any atom is 0.145 e. The largest absolute Gasteiger partial charge is 0.381 e. The molecule has 0 bridgehead atoms. The lowest BCUT2D eigenvalue weighted by Crippen LogP contribution is -2.11. The van der Waals surface area contributed by atoms with Gasteiger partial charge in [0.25, 0.3) is 0 Å². The highest BCUT2D eigenvalue weighted by atomic mass is 16.5. The summed E-state index contributed by atoms with van der Waals surface area (Å²) < 4.78 is 5.37. The van der Waals surface area contributed by atoms with E-state index in [0.29, 0.717) is 0 Å². The van der Waals surface area contributed by atoms with Crippen LogP contribution in [0.25, 0.3) is 0 Å². The molecular formula is C12H22O2. The van der Waals surface area contributed by atoms with Gasteiger partial charge in [0.05, 0.1) is 6.10 Å². The summed E-state index contributed by atoms with van der Waals surface area (Å²) in [4.78, 5) is 10.5. The van der Waals surface area contributed by atoms with Crippen molar-refractivity contribution in [3.8, 4) is 0 Å². The quantitative estimate of drug-likeness (QED) is 0.464. The molecule has 0 heterocycles. The van der Waals surface area contributed by atoms with Crippen LogP contribution in [-0.2, 0) is 9.53 Å². The van der Waals surface area contributed by atoms with E-state index < -0.39 is 0 Å². The monoisotopic (exact) mass is 198 g/mol. The molecule has 0 saturated carbocycles. The van der Waals surface area contributed by atoms with Crippen molar-refractivity contribution in [1.29, 1.82) is 0 Å². The summed E-state index contributed by atoms with van der Waals surface area (Å²) in [5, 5.41) is 0. The third kappa shape index (κ3) is 5.18. The lowest BCUT2D eigenvalue weighted by atomic mass is 10.0. The Morgan fingerprint density at radius 1 is 1.43 bits per heavy atom. The Balaban J connectivity index is 4.10. The second-order valence-corrected chi connectivity index (χ2v) is 3.79. The predicted octanol–water partition coefficient (Wildman–Crippen LogP) is 3.12. The molecule has 1 unspecified atom stereocenters. The molecule has 0 aliphatic rings. The summed E-state index contributed by atoms with van der Waals surface area (Å²) in [6.07, 6.45) is 5.52. The average Bonchev–Trinajstić information content (AvgIpc) is 2.22. The fourth-order valence-corrected chi connectivity index (χ4v) is 1.34. The molecule has 0 radical (unpaired) electrons. The van der Waals surface area contributed by atoms with E-state index in [1.807, 2.05) is 13.8 Å². The molecule has 0 amide bonds. The van der Waals surface area contributed by atoms with E-state index in [2.05, 4.69) is 6.92 Å². The zero-order valence-corrected chi connectivity index (χ0v) is 9.80. The molecule has 1 atom stereocenters. The normalized spacial score (nSPS) is 14.9. The van der Waals surface area contributed by atoms with Gasteiger partial charge in [-0.05, 0) is 32.3 Å². The first-order chi connectivity index (χ1) is 6.65. The Morgan fingerprint density at radius 2 is 2.07 bits per heavy atom. The van der Waals surface area contributed by atoms with Gasteiger partial charge >= 0.3 is 0 Å². The number of hydrogen-bond acceptors (Lipinski definition) is 2. The Hall–Kier alpha value is -0.630. The maximum atomic E-state index is 10.5. The standard InChI is InChI=1S/C12H22O2/c1-5-6-7-12(14-4)8-10(2)11(3)9-13/h9,12H,5-8H2,1-4H3. The fraction of sp³-hybridized carbons (Fsp3) is 0.750. The number of allylic oxidation sites excluding steroid dienone is 1. The van der Waals surface area contributed by atoms with Gasteiger partial charge in [0, 0.05) is 7.11 Å². The molecular weight excluding hydrogens is 176 g/mol. The highest BCUT2D eigenvalue weighted by Crippen LogP contribution is 2.15. The van der Waals surface area contributed by atoms with Crippen molar-refractivity contribution in [2.45, 2.75) is 52.6 Å². The number of unbranched alkanes of at least 4 members (excludes halogenated alkanes) is 1. The number of methoxy groups -OCH3 is 1. The zero-order valence-electron chi connectivity index (χ0n) is 9.80. The van der Waals surface area contributed by atoms with E-state index in [-0.39, 0.29) is 6.10 Å². The van der Waals surface area contributed by atoms with Crippen LogP contribution in [0.15, 0.2) is 11.1 Å². The smallest absolute Gasteiger partial charge is 0.145 e. The van der Waals surface area contributed by atoms with Crippen molar-refractivity contribution in [1.82, 2.24) is 0 Å². The summed E-state index contributed by atoms with van der Waals surface area (Å²) in [5.41, 5.74) is 1.98. The van der Waals surface area contributed by atoms with E-state index in [9.17, 15) is 4.79 Å². The van der Waals surface area contributed by atoms with Gasteiger partial charge in [-0.2, -0.15) is 0 Å². The first-order valence-corrected chi connectivity index (χ1v) is 5.30. The minimum atomic E-state index is 0.268. The molecule has 0 rings (SSSR count). The van der Waals surface area contributed by atoms with Gasteiger partial charge < -0.3 is 4.74 Å². The molecule has 0 N–H and O–H groups in total. The van der Waals surface area contributed by atoms with Crippen LogP contribution in [0, 0.1) is 0 Å². The van der Waals surface area contributed by atoms with Crippen molar-refractivity contribution >= 4 is 6.29 Å². The van der Waals surface area contributed by atoms with Crippen LogP contribution in [0.4, 0.5) is 0 Å². The summed E-state index contributed by atoms with van der Waals surface area (Å²) in [6.45, 7) is 6.03. The molecule has 0 aromatic heterocycles. The third-order valence-corrected chi connectivity index (χ3v) is 2.60. The van der Waals surface area contributed by atoms with Gasteiger partial charge in [-0.25, -0.2) is 0 Å². The van der Waals surface area contributed by atoms with Crippen LogP contribution in [0.1, 0.15) is 46.5 Å². The molecule has 0 aliphatic heterocycles. The first-order valence-electron chi connectivity index (χ1n) is 5.30. The summed E-state index contributed by atoms with van der Waals surface area (Å²) >= 11 is 0. The highest BCUT2D eigenvalue weighted by Gasteiger charge is 2.08. The molecule has 0 spiro atoms. The second kappa shape index (κ2) is 7.74. The van der Waals surface area contributed by atoms with Crippen LogP contribution < -0.4 is 0 Å². The molecule has 0 fully saturated rings. The lowest BCUT2D eigenvalue weighted by Gasteiger charge is -2.15. The van der Waals surface area contributed by atoms with E-state index in [1.54, 1.807) is 7.11 Å². The predicted molar refractivity (Wildman–Crippen MR) is 59.4 cm³/mol. The van der Waals surface area contributed by atoms with E-state index in [0.717, 1.165) is 30.3 Å². The third-order valence-electron chi connectivity index (χ3n) is 2.60. The van der Waals surface area contributed by atoms with Gasteiger partial charge in [0.1, 0.15) is 6.29 Å². The van der Waals surface area contributed by atoms with Gasteiger partial charge in [0.15, 0.2) is 0 Å². The number of hydrogen-bond donors (Lipinski definition) is 0. The zero-order chi connectivity index (χ0) is 11.0. The van der Waals surface area contributed by atoms with Crippen LogP contribution in [0.5, 0.6) is 0 Å². The molecule has 2 nitrogen and oxygen atoms in total. The molecule has 0 saturated heterocycles. The van der Waals surface area contributed by atoms with Gasteiger partial charge in [-0.15, -0.1) is 0 Å². The van der Waals surface area contributed by atoms with Crippen molar-refractivity contribution in [2.75, 3.05) is 7.11 Å². The summed E-state index contributed by atoms with van der Waals surface area (Å²) in [7, 11) is 1.74. The number of aldehydes is 1. The molecule has 0 aromatic carbocycles. The Labute approximate surface area is 87.3 Å². The van der Waals surface area contributed by atoms with Gasteiger partial charge in [0.2, 0.25) is 0 Å². The van der Waals surface area contributed by atoms with Crippen LogP contribution >= 0.6 is 0 Å². The van der Waals surface area contributed by atoms with E-state index >= 15 is 0 Å². The Kier molecular flexibility index (Phi) is 7.40. The number of ether oxygens (including phenoxy) is 1. The van der Waals surface area contributed by atoms with Crippen LogP contribution in [0.2, 0.25) is 0 Å². The first kappa shape index (κ1) is 13.4. The molecule has 82 valence electrons. The van der Waals surface area contributed by atoms with Crippen molar-refractivity contribution in [2.24, 2.45) is 0 Å². The number of carbonyl (C=O) groups excluding carboxylic acids is 1. The van der Waals surface area contributed by atoms with E-state index in [4.69, 9.17) is 4.74 Å². The highest BCUT2D eigenvalue weighted by molar-refractivity contribution is 5.73. The maximum absolute atomic E-state index is 10.5. The minimum absolute atomic E-state index is 0.268. The van der Waals surface area contributed by atoms with Crippen molar-refractivity contribution < 1.29 is 9.53 Å². The van der Waals surface area contributed by atoms with Crippen LogP contribution in [0.3, 0.4) is 0 Å². The summed E-state index contributed by atoms with van der Waals surface area (Å²) in [6, 6.07) is 0. The Morgan fingerprint density at radius 3 is 2.50 bits per heavy atom. The Bertz CT molecular complexity index is 194. The van der Waals surface area contributed by atoms with Crippen molar-refractivity contribution in [3.63, 3.8) is 0 Å². The number of rotatable bonds is 7. The molecule has 0 aromatic rings. The molecule has 2 heteroatoms. The average molecular weight is 198 g/mol. The minimum Gasteiger partial charge on any atom is -0.381 e. The number of carbonyl (C=O) groups is 1. The lowest BCUT2D eigenvalue weighted by molar-refractivity contribution is -0.104. The molecule has 0 aliphatic carbocycles. The van der Waals surface area contributed by atoms with Crippen molar-refractivity contribution in [3.05, 3.63) is 11.1 Å². The van der Waals surface area contributed by atoms with E-state index in [1.165, 1.54) is 12.8 Å². The van der Waals surface area contributed by atoms with Crippen LogP contribution in [-0.4, -0.2) is 19.5 Å². The van der Waals surface area contributed by atoms with Gasteiger partial charge in [-0.3, -0.25) is 4.79 Å². The topological polar surface area (TPSA) is 26.3 Å². The second-order valence-electron chi connectivity index (χ2n) is 3.79. The fourth-order valence-electron chi connectivity index (χ4n) is 1.34. The molecule has 14 heavy (non-hydrogen) atoms. The van der Waals surface area contributed by atoms with Gasteiger partial charge in [-0.1, -0.05) is 25.3 Å². The SMILES string of the molecule is CCCCC(CC(C)=C(C)C=O)OC. The summed E-state index contributed by atoms with van der Waals surface area (Å²) in [5.74, 6) is 0.